The van der Waals surface area contributed by atoms with Gasteiger partial charge in [0.2, 0.25) is 0 Å². The summed E-state index contributed by atoms with van der Waals surface area (Å²) < 4.78 is 2.02. The zero-order valence-electron chi connectivity index (χ0n) is 10.5. The smallest absolute Gasteiger partial charge is 0.166 e. The maximum Gasteiger partial charge on any atom is 0.166 e. The standard InChI is InChI=1S/C15H16N2O/c1-17-9-8-16-14(17)7-6-12-10-11-4-2-3-5-13(11)15(12)18/h2-5,8-9,12H,6-7,10H2,1H3. The normalized spacial score (nSPS) is 18.1. The maximum absolute atomic E-state index is 12.2. The lowest BCUT2D eigenvalue weighted by atomic mass is 9.99. The lowest BCUT2D eigenvalue weighted by molar-refractivity contribution is 0.0930. The van der Waals surface area contributed by atoms with Gasteiger partial charge in [0.1, 0.15) is 5.82 Å². The van der Waals surface area contributed by atoms with Crippen LogP contribution in [0.5, 0.6) is 0 Å². The summed E-state index contributed by atoms with van der Waals surface area (Å²) in [5, 5.41) is 0. The number of carbonyl (C=O) groups excluding carboxylic acids is 1. The molecule has 1 atom stereocenters. The first-order valence-corrected chi connectivity index (χ1v) is 6.34. The molecule has 1 aromatic heterocycles. The summed E-state index contributed by atoms with van der Waals surface area (Å²) in [5.41, 5.74) is 2.12. The maximum atomic E-state index is 12.2. The van der Waals surface area contributed by atoms with Gasteiger partial charge in [-0.3, -0.25) is 4.79 Å². The van der Waals surface area contributed by atoms with Crippen LogP contribution in [0.15, 0.2) is 36.7 Å². The van der Waals surface area contributed by atoms with E-state index in [-0.39, 0.29) is 5.92 Å². The van der Waals surface area contributed by atoms with Gasteiger partial charge in [-0.1, -0.05) is 24.3 Å². The number of Topliss-reactive ketones (excluding diaryl/α,β-unsaturated/α-hetero) is 1. The van der Waals surface area contributed by atoms with E-state index < -0.39 is 0 Å². The minimum Gasteiger partial charge on any atom is -0.338 e. The van der Waals surface area contributed by atoms with E-state index in [4.69, 9.17) is 0 Å². The third-order valence-electron chi connectivity index (χ3n) is 3.76. The second-order valence-corrected chi connectivity index (χ2v) is 4.92. The molecule has 3 heteroatoms. The Bertz CT molecular complexity index is 586. The number of nitrogens with zero attached hydrogens (tertiary/aromatic N) is 2. The van der Waals surface area contributed by atoms with Gasteiger partial charge in [0, 0.05) is 37.3 Å². The van der Waals surface area contributed by atoms with E-state index in [0.29, 0.717) is 5.78 Å². The van der Waals surface area contributed by atoms with Crippen LogP contribution in [-0.2, 0) is 19.9 Å². The van der Waals surface area contributed by atoms with Gasteiger partial charge < -0.3 is 4.57 Å². The molecule has 3 rings (SSSR count). The van der Waals surface area contributed by atoms with E-state index in [1.54, 1.807) is 6.20 Å². The lowest BCUT2D eigenvalue weighted by Gasteiger charge is -2.07. The lowest BCUT2D eigenvalue weighted by Crippen LogP contribution is -2.11. The zero-order valence-corrected chi connectivity index (χ0v) is 10.5. The Kier molecular flexibility index (Phi) is 2.74. The van der Waals surface area contributed by atoms with Crippen molar-refractivity contribution in [2.45, 2.75) is 19.3 Å². The molecule has 0 radical (unpaired) electrons. The first-order chi connectivity index (χ1) is 8.75. The van der Waals surface area contributed by atoms with Gasteiger partial charge >= 0.3 is 0 Å². The largest absolute Gasteiger partial charge is 0.338 e. The van der Waals surface area contributed by atoms with Crippen molar-refractivity contribution in [3.63, 3.8) is 0 Å². The summed E-state index contributed by atoms with van der Waals surface area (Å²) in [6, 6.07) is 7.96. The second-order valence-electron chi connectivity index (χ2n) is 4.92. The Morgan fingerprint density at radius 3 is 2.94 bits per heavy atom. The summed E-state index contributed by atoms with van der Waals surface area (Å²) >= 11 is 0. The molecule has 0 N–H and O–H groups in total. The molecule has 0 fully saturated rings. The van der Waals surface area contributed by atoms with Crippen molar-refractivity contribution in [1.29, 1.82) is 0 Å². The highest BCUT2D eigenvalue weighted by Crippen LogP contribution is 2.29. The number of carbonyl (C=O) groups is 1. The highest BCUT2D eigenvalue weighted by atomic mass is 16.1. The predicted octanol–water partition coefficient (Wildman–Crippen LogP) is 2.41. The highest BCUT2D eigenvalue weighted by molar-refractivity contribution is 6.02. The Hall–Kier alpha value is -1.90. The molecule has 0 saturated heterocycles. The zero-order chi connectivity index (χ0) is 12.5. The van der Waals surface area contributed by atoms with E-state index in [1.165, 1.54) is 5.56 Å². The molecule has 0 spiro atoms. The highest BCUT2D eigenvalue weighted by Gasteiger charge is 2.29. The van der Waals surface area contributed by atoms with Crippen LogP contribution >= 0.6 is 0 Å². The van der Waals surface area contributed by atoms with Crippen molar-refractivity contribution >= 4 is 5.78 Å². The van der Waals surface area contributed by atoms with E-state index in [0.717, 1.165) is 30.7 Å². The van der Waals surface area contributed by atoms with Crippen molar-refractivity contribution in [1.82, 2.24) is 9.55 Å². The molecule has 0 saturated carbocycles. The molecule has 1 aliphatic carbocycles. The van der Waals surface area contributed by atoms with E-state index in [2.05, 4.69) is 11.1 Å². The van der Waals surface area contributed by atoms with Crippen LogP contribution in [-0.4, -0.2) is 15.3 Å². The Labute approximate surface area is 106 Å². The number of aryl methyl sites for hydroxylation is 2. The second kappa shape index (κ2) is 4.41. The average molecular weight is 240 g/mol. The molecular formula is C15H16N2O. The molecule has 0 amide bonds. The molecule has 18 heavy (non-hydrogen) atoms. The molecular weight excluding hydrogens is 224 g/mol. The van der Waals surface area contributed by atoms with Gasteiger partial charge in [0.15, 0.2) is 5.78 Å². The summed E-state index contributed by atoms with van der Waals surface area (Å²) in [6.45, 7) is 0. The summed E-state index contributed by atoms with van der Waals surface area (Å²) in [6.07, 6.45) is 6.40. The molecule has 0 bridgehead atoms. The molecule has 3 nitrogen and oxygen atoms in total. The Morgan fingerprint density at radius 1 is 1.39 bits per heavy atom. The number of ketones is 1. The predicted molar refractivity (Wildman–Crippen MR) is 69.5 cm³/mol. The third kappa shape index (κ3) is 1.86. The van der Waals surface area contributed by atoms with E-state index in [1.807, 2.05) is 36.0 Å². The van der Waals surface area contributed by atoms with E-state index >= 15 is 0 Å². The third-order valence-corrected chi connectivity index (χ3v) is 3.76. The molecule has 1 aromatic carbocycles. The van der Waals surface area contributed by atoms with Gasteiger partial charge in [0.05, 0.1) is 0 Å². The fraction of sp³-hybridized carbons (Fsp3) is 0.333. The van der Waals surface area contributed by atoms with Gasteiger partial charge in [-0.05, 0) is 18.4 Å². The Morgan fingerprint density at radius 2 is 2.22 bits per heavy atom. The first kappa shape index (κ1) is 11.2. The van der Waals surface area contributed by atoms with Crippen molar-refractivity contribution in [2.24, 2.45) is 13.0 Å². The van der Waals surface area contributed by atoms with Crippen LogP contribution in [0.4, 0.5) is 0 Å². The number of imidazole rings is 1. The minimum atomic E-state index is 0.138. The molecule has 0 aliphatic heterocycles. The topological polar surface area (TPSA) is 34.9 Å². The number of hydrogen-bond donors (Lipinski definition) is 0. The Balaban J connectivity index is 1.70. The number of hydrogen-bond acceptors (Lipinski definition) is 2. The molecule has 2 aromatic rings. The van der Waals surface area contributed by atoms with Crippen molar-refractivity contribution < 1.29 is 4.79 Å². The quantitative estimate of drug-likeness (QED) is 0.825. The van der Waals surface area contributed by atoms with Gasteiger partial charge in [-0.25, -0.2) is 4.98 Å². The fourth-order valence-electron chi connectivity index (χ4n) is 2.69. The first-order valence-electron chi connectivity index (χ1n) is 6.34. The number of rotatable bonds is 3. The fourth-order valence-corrected chi connectivity index (χ4v) is 2.69. The van der Waals surface area contributed by atoms with Crippen LogP contribution in [0.3, 0.4) is 0 Å². The van der Waals surface area contributed by atoms with Crippen LogP contribution in [0.1, 0.15) is 28.2 Å². The SMILES string of the molecule is Cn1ccnc1CCC1Cc2ccccc2C1=O. The summed E-state index contributed by atoms with van der Waals surface area (Å²) in [4.78, 5) is 16.5. The average Bonchev–Trinajstić information content (AvgIpc) is 2.92. The molecule has 1 heterocycles. The molecule has 92 valence electrons. The van der Waals surface area contributed by atoms with Crippen molar-refractivity contribution in [3.05, 3.63) is 53.6 Å². The number of benzene rings is 1. The number of fused-ring (bicyclic) bond motifs is 1. The van der Waals surface area contributed by atoms with Crippen LogP contribution in [0.25, 0.3) is 0 Å². The van der Waals surface area contributed by atoms with Crippen molar-refractivity contribution in [3.8, 4) is 0 Å². The van der Waals surface area contributed by atoms with Gasteiger partial charge in [-0.15, -0.1) is 0 Å². The van der Waals surface area contributed by atoms with Crippen molar-refractivity contribution in [2.75, 3.05) is 0 Å². The minimum absolute atomic E-state index is 0.138. The monoisotopic (exact) mass is 240 g/mol. The van der Waals surface area contributed by atoms with Gasteiger partial charge in [-0.2, -0.15) is 0 Å². The number of aromatic nitrogens is 2. The van der Waals surface area contributed by atoms with Gasteiger partial charge in [0.25, 0.3) is 0 Å². The van der Waals surface area contributed by atoms with Crippen LogP contribution in [0, 0.1) is 5.92 Å². The van der Waals surface area contributed by atoms with Crippen LogP contribution < -0.4 is 0 Å². The molecule has 1 aliphatic rings. The van der Waals surface area contributed by atoms with Crippen LogP contribution in [0.2, 0.25) is 0 Å². The van der Waals surface area contributed by atoms with E-state index in [9.17, 15) is 4.79 Å². The molecule has 1 unspecified atom stereocenters. The summed E-state index contributed by atoms with van der Waals surface area (Å²) in [5.74, 6) is 1.50. The summed E-state index contributed by atoms with van der Waals surface area (Å²) in [7, 11) is 1.99.